The van der Waals surface area contributed by atoms with Crippen molar-refractivity contribution in [2.75, 3.05) is 23.3 Å². The van der Waals surface area contributed by atoms with E-state index < -0.39 is 0 Å². The Morgan fingerprint density at radius 1 is 1.00 bits per heavy atom. The number of carbonyl (C=O) groups excluding carboxylic acids is 2. The minimum atomic E-state index is -0.258. The summed E-state index contributed by atoms with van der Waals surface area (Å²) < 4.78 is 0. The lowest BCUT2D eigenvalue weighted by Gasteiger charge is -2.22. The summed E-state index contributed by atoms with van der Waals surface area (Å²) in [6.07, 6.45) is 8.86. The second-order valence-electron chi connectivity index (χ2n) is 8.15. The van der Waals surface area contributed by atoms with Crippen LogP contribution in [0.25, 0.3) is 0 Å². The first-order chi connectivity index (χ1) is 14.1. The lowest BCUT2D eigenvalue weighted by Crippen LogP contribution is -2.27. The summed E-state index contributed by atoms with van der Waals surface area (Å²) in [5.74, 6) is 0.921. The van der Waals surface area contributed by atoms with Crippen LogP contribution in [-0.4, -0.2) is 29.9 Å². The SMILES string of the molecule is NC(=O)[C@@H]1CCN(c2ccc(NC(=O)c3ccc(C4CCCCC4)cc3)cn2)C1. The lowest BCUT2D eigenvalue weighted by molar-refractivity contribution is -0.121. The smallest absolute Gasteiger partial charge is 0.255 e. The third kappa shape index (κ3) is 4.58. The number of hydrogen-bond acceptors (Lipinski definition) is 4. The fraction of sp³-hybridized carbons (Fsp3) is 0.435. The molecule has 1 saturated carbocycles. The van der Waals surface area contributed by atoms with Gasteiger partial charge in [-0.3, -0.25) is 9.59 Å². The summed E-state index contributed by atoms with van der Waals surface area (Å²) in [6.45, 7) is 1.36. The second kappa shape index (κ2) is 8.64. The number of carbonyl (C=O) groups is 2. The Morgan fingerprint density at radius 2 is 1.76 bits per heavy atom. The van der Waals surface area contributed by atoms with Crippen molar-refractivity contribution in [1.82, 2.24) is 4.98 Å². The molecule has 29 heavy (non-hydrogen) atoms. The molecule has 2 aliphatic rings. The van der Waals surface area contributed by atoms with Crippen LogP contribution in [0.3, 0.4) is 0 Å². The Kier molecular flexibility index (Phi) is 5.79. The number of amides is 2. The van der Waals surface area contributed by atoms with Crippen molar-refractivity contribution in [2.45, 2.75) is 44.4 Å². The molecule has 4 rings (SSSR count). The molecule has 1 aromatic carbocycles. The van der Waals surface area contributed by atoms with E-state index in [0.29, 0.717) is 23.7 Å². The Bertz CT molecular complexity index is 857. The highest BCUT2D eigenvalue weighted by Gasteiger charge is 2.27. The van der Waals surface area contributed by atoms with Crippen molar-refractivity contribution < 1.29 is 9.59 Å². The van der Waals surface area contributed by atoms with E-state index in [-0.39, 0.29) is 17.7 Å². The first kappa shape index (κ1) is 19.4. The molecule has 2 amide bonds. The Labute approximate surface area is 171 Å². The maximum Gasteiger partial charge on any atom is 0.255 e. The van der Waals surface area contributed by atoms with Crippen LogP contribution in [0.5, 0.6) is 0 Å². The van der Waals surface area contributed by atoms with Crippen molar-refractivity contribution in [1.29, 1.82) is 0 Å². The number of nitrogens with one attached hydrogen (secondary N) is 1. The number of hydrogen-bond donors (Lipinski definition) is 2. The van der Waals surface area contributed by atoms with Crippen molar-refractivity contribution in [3.63, 3.8) is 0 Å². The number of benzene rings is 1. The minimum absolute atomic E-state index is 0.118. The number of pyridine rings is 1. The van der Waals surface area contributed by atoms with Gasteiger partial charge in [0.1, 0.15) is 5.82 Å². The monoisotopic (exact) mass is 392 g/mol. The molecule has 6 heteroatoms. The van der Waals surface area contributed by atoms with Gasteiger partial charge in [-0.1, -0.05) is 31.4 Å². The van der Waals surface area contributed by atoms with Gasteiger partial charge in [0.15, 0.2) is 0 Å². The zero-order valence-corrected chi connectivity index (χ0v) is 16.6. The second-order valence-corrected chi connectivity index (χ2v) is 8.15. The largest absolute Gasteiger partial charge is 0.369 e. The van der Waals surface area contributed by atoms with Gasteiger partial charge in [-0.15, -0.1) is 0 Å². The number of nitrogens with two attached hydrogens (primary N) is 1. The molecule has 0 unspecified atom stereocenters. The summed E-state index contributed by atoms with van der Waals surface area (Å²) >= 11 is 0. The molecule has 1 atom stereocenters. The average Bonchev–Trinajstić information content (AvgIpc) is 3.26. The summed E-state index contributed by atoms with van der Waals surface area (Å²) in [5, 5.41) is 2.91. The highest BCUT2D eigenvalue weighted by Crippen LogP contribution is 2.32. The van der Waals surface area contributed by atoms with Crippen molar-refractivity contribution in [3.05, 3.63) is 53.7 Å². The topological polar surface area (TPSA) is 88.3 Å². The molecule has 0 bridgehead atoms. The number of aromatic nitrogens is 1. The molecule has 3 N–H and O–H groups in total. The molecular weight excluding hydrogens is 364 g/mol. The highest BCUT2D eigenvalue weighted by molar-refractivity contribution is 6.04. The lowest BCUT2D eigenvalue weighted by atomic mass is 9.84. The fourth-order valence-corrected chi connectivity index (χ4v) is 4.39. The van der Waals surface area contributed by atoms with Crippen LogP contribution in [0.1, 0.15) is 60.4 Å². The van der Waals surface area contributed by atoms with Gasteiger partial charge in [-0.2, -0.15) is 0 Å². The van der Waals surface area contributed by atoms with Gasteiger partial charge in [0.05, 0.1) is 17.8 Å². The zero-order valence-electron chi connectivity index (χ0n) is 16.6. The summed E-state index contributed by atoms with van der Waals surface area (Å²) in [4.78, 5) is 30.4. The van der Waals surface area contributed by atoms with Gasteiger partial charge in [0, 0.05) is 18.7 Å². The predicted octanol–water partition coefficient (Wildman–Crippen LogP) is 3.69. The van der Waals surface area contributed by atoms with Crippen LogP contribution in [0.4, 0.5) is 11.5 Å². The molecule has 0 radical (unpaired) electrons. The third-order valence-corrected chi connectivity index (χ3v) is 6.17. The van der Waals surface area contributed by atoms with Crippen molar-refractivity contribution >= 4 is 23.3 Å². The van der Waals surface area contributed by atoms with E-state index in [9.17, 15) is 9.59 Å². The standard InChI is InChI=1S/C23H28N4O2/c24-22(28)19-12-13-27(15-19)21-11-10-20(14-25-21)26-23(29)18-8-6-17(7-9-18)16-4-2-1-3-5-16/h6-11,14,16,19H,1-5,12-13,15H2,(H2,24,28)(H,26,29)/t19-/m1/s1. The molecule has 2 fully saturated rings. The molecule has 1 aromatic heterocycles. The van der Waals surface area contributed by atoms with E-state index in [1.54, 1.807) is 6.20 Å². The van der Waals surface area contributed by atoms with Crippen molar-refractivity contribution in [3.8, 4) is 0 Å². The van der Waals surface area contributed by atoms with Gasteiger partial charge in [-0.25, -0.2) is 4.98 Å². The maximum atomic E-state index is 12.6. The first-order valence-corrected chi connectivity index (χ1v) is 10.5. The van der Waals surface area contributed by atoms with Gasteiger partial charge in [0.25, 0.3) is 5.91 Å². The quantitative estimate of drug-likeness (QED) is 0.812. The van der Waals surface area contributed by atoms with E-state index in [1.807, 2.05) is 29.2 Å². The van der Waals surface area contributed by atoms with Gasteiger partial charge < -0.3 is 16.0 Å². The van der Waals surface area contributed by atoms with Crippen LogP contribution >= 0.6 is 0 Å². The number of nitrogens with zero attached hydrogens (tertiary/aromatic N) is 2. The van der Waals surface area contributed by atoms with Gasteiger partial charge >= 0.3 is 0 Å². The summed E-state index contributed by atoms with van der Waals surface area (Å²) in [5.41, 5.74) is 8.03. The molecule has 1 aliphatic heterocycles. The van der Waals surface area contributed by atoms with Crippen LogP contribution in [-0.2, 0) is 4.79 Å². The molecule has 2 heterocycles. The Morgan fingerprint density at radius 3 is 2.38 bits per heavy atom. The number of anilines is 2. The van der Waals surface area contributed by atoms with E-state index in [4.69, 9.17) is 5.73 Å². The summed E-state index contributed by atoms with van der Waals surface area (Å²) in [6, 6.07) is 11.7. The zero-order chi connectivity index (χ0) is 20.2. The van der Waals surface area contributed by atoms with Crippen LogP contribution < -0.4 is 16.0 Å². The van der Waals surface area contributed by atoms with Crippen LogP contribution in [0, 0.1) is 5.92 Å². The normalized spacial score (nSPS) is 19.9. The molecule has 6 nitrogen and oxygen atoms in total. The molecule has 1 aliphatic carbocycles. The van der Waals surface area contributed by atoms with Gasteiger partial charge in [0.2, 0.25) is 5.91 Å². The molecule has 1 saturated heterocycles. The molecule has 2 aromatic rings. The fourth-order valence-electron chi connectivity index (χ4n) is 4.39. The predicted molar refractivity (Wildman–Crippen MR) is 114 cm³/mol. The van der Waals surface area contributed by atoms with E-state index >= 15 is 0 Å². The number of rotatable bonds is 5. The third-order valence-electron chi connectivity index (χ3n) is 6.17. The minimum Gasteiger partial charge on any atom is -0.369 e. The average molecular weight is 393 g/mol. The van der Waals surface area contributed by atoms with Crippen LogP contribution in [0.15, 0.2) is 42.6 Å². The maximum absolute atomic E-state index is 12.6. The van der Waals surface area contributed by atoms with E-state index in [1.165, 1.54) is 37.7 Å². The first-order valence-electron chi connectivity index (χ1n) is 10.5. The van der Waals surface area contributed by atoms with Gasteiger partial charge in [-0.05, 0) is 55.0 Å². The molecular formula is C23H28N4O2. The van der Waals surface area contributed by atoms with Crippen LogP contribution in [0.2, 0.25) is 0 Å². The Hall–Kier alpha value is -2.89. The van der Waals surface area contributed by atoms with Crippen molar-refractivity contribution in [2.24, 2.45) is 11.7 Å². The Balaban J connectivity index is 1.35. The molecule has 0 spiro atoms. The van der Waals surface area contributed by atoms with E-state index in [2.05, 4.69) is 22.4 Å². The van der Waals surface area contributed by atoms with E-state index in [0.717, 1.165) is 18.8 Å². The number of primary amides is 1. The highest BCUT2D eigenvalue weighted by atomic mass is 16.2. The summed E-state index contributed by atoms with van der Waals surface area (Å²) in [7, 11) is 0. The molecule has 152 valence electrons.